The van der Waals surface area contributed by atoms with Crippen LogP contribution in [0.25, 0.3) is 0 Å². The van der Waals surface area contributed by atoms with E-state index >= 15 is 0 Å². The Balaban J connectivity index is 1.22. The SMILES string of the molecule is COc1ccc2c3c1O[C@H]1[C@@H](N(C)C(=O)Cc4ccc(Cl)c(Cl)c4)CC[C@H]4[C@@H](C2)N(CC2CC2O)CC[C@@]341. The van der Waals surface area contributed by atoms with E-state index in [2.05, 4.69) is 11.0 Å². The van der Waals surface area contributed by atoms with Gasteiger partial charge in [-0.2, -0.15) is 0 Å². The molecule has 7 rings (SSSR count). The molecule has 38 heavy (non-hydrogen) atoms. The lowest BCUT2D eigenvalue weighted by atomic mass is 9.51. The first-order chi connectivity index (χ1) is 18.3. The number of likely N-dealkylation sites (N-methyl/N-ethyl adjacent to an activating group) is 1. The quantitative estimate of drug-likeness (QED) is 0.568. The first-order valence-electron chi connectivity index (χ1n) is 13.8. The van der Waals surface area contributed by atoms with Crippen LogP contribution in [0, 0.1) is 11.8 Å². The summed E-state index contributed by atoms with van der Waals surface area (Å²) in [5.74, 6) is 2.61. The van der Waals surface area contributed by atoms with E-state index in [1.165, 1.54) is 11.1 Å². The van der Waals surface area contributed by atoms with Crippen molar-refractivity contribution in [1.29, 1.82) is 0 Å². The Morgan fingerprint density at radius 2 is 2.05 bits per heavy atom. The van der Waals surface area contributed by atoms with Crippen molar-refractivity contribution in [3.8, 4) is 11.5 Å². The van der Waals surface area contributed by atoms with E-state index in [4.69, 9.17) is 32.7 Å². The van der Waals surface area contributed by atoms with Gasteiger partial charge in [0.1, 0.15) is 6.10 Å². The molecule has 1 saturated heterocycles. The van der Waals surface area contributed by atoms with E-state index in [1.54, 1.807) is 19.2 Å². The lowest BCUT2D eigenvalue weighted by Crippen LogP contribution is -2.69. The molecule has 1 spiro atoms. The van der Waals surface area contributed by atoms with Crippen LogP contribution < -0.4 is 9.47 Å². The molecule has 0 radical (unpaired) electrons. The summed E-state index contributed by atoms with van der Waals surface area (Å²) < 4.78 is 12.7. The fourth-order valence-electron chi connectivity index (χ4n) is 8.23. The first kappa shape index (κ1) is 25.0. The minimum absolute atomic E-state index is 0.0259. The molecule has 3 aliphatic carbocycles. The van der Waals surface area contributed by atoms with Gasteiger partial charge in [-0.15, -0.1) is 0 Å². The number of ether oxygens (including phenoxy) is 2. The number of aliphatic hydroxyl groups is 1. The Morgan fingerprint density at radius 3 is 2.79 bits per heavy atom. The zero-order chi connectivity index (χ0) is 26.3. The van der Waals surface area contributed by atoms with Crippen LogP contribution >= 0.6 is 23.2 Å². The van der Waals surface area contributed by atoms with Gasteiger partial charge in [0.15, 0.2) is 11.5 Å². The molecule has 7 atom stereocenters. The Labute approximate surface area is 233 Å². The fraction of sp³-hybridized carbons (Fsp3) is 0.567. The van der Waals surface area contributed by atoms with E-state index in [-0.39, 0.29) is 36.0 Å². The van der Waals surface area contributed by atoms with Gasteiger partial charge >= 0.3 is 0 Å². The zero-order valence-corrected chi connectivity index (χ0v) is 23.3. The van der Waals surface area contributed by atoms with E-state index < -0.39 is 0 Å². The number of piperidine rings is 1. The normalized spacial score (nSPS) is 34.3. The lowest BCUT2D eigenvalue weighted by Gasteiger charge is -2.60. The number of halogens is 2. The van der Waals surface area contributed by atoms with Gasteiger partial charge < -0.3 is 19.5 Å². The topological polar surface area (TPSA) is 62.2 Å². The van der Waals surface area contributed by atoms with Gasteiger partial charge in [0.25, 0.3) is 0 Å². The standard InChI is InChI=1S/C30H34Cl2N2O4/c1-33(26(36)12-16-3-6-20(31)21(32)11-16)22-7-5-19-23-13-17-4-8-25(37-2)28-27(17)30(19,29(22)38-28)9-10-34(23)15-18-14-24(18)35/h3-4,6,8,11,18-19,22-24,29,35H,5,7,9-10,12-15H2,1-2H3/t18?,19-,22-,23+,24?,29-,30-/m0/s1. The van der Waals surface area contributed by atoms with Crippen LogP contribution in [0.15, 0.2) is 30.3 Å². The van der Waals surface area contributed by atoms with Gasteiger partial charge in [-0.1, -0.05) is 35.3 Å². The van der Waals surface area contributed by atoms with Gasteiger partial charge in [-0.3, -0.25) is 9.69 Å². The first-order valence-corrected chi connectivity index (χ1v) is 14.6. The molecule has 2 saturated carbocycles. The molecule has 3 fully saturated rings. The summed E-state index contributed by atoms with van der Waals surface area (Å²) in [6.07, 6.45) is 4.93. The summed E-state index contributed by atoms with van der Waals surface area (Å²) in [7, 11) is 3.63. The number of carbonyl (C=O) groups is 1. The summed E-state index contributed by atoms with van der Waals surface area (Å²) in [5.41, 5.74) is 3.43. The average molecular weight is 558 g/mol. The van der Waals surface area contributed by atoms with E-state index in [1.807, 2.05) is 24.1 Å². The number of methoxy groups -OCH3 is 1. The summed E-state index contributed by atoms with van der Waals surface area (Å²) >= 11 is 12.3. The molecule has 0 aromatic heterocycles. The van der Waals surface area contributed by atoms with Crippen molar-refractivity contribution in [2.75, 3.05) is 27.2 Å². The number of benzene rings is 2. The number of rotatable bonds is 6. The van der Waals surface area contributed by atoms with Gasteiger partial charge in [0.2, 0.25) is 5.91 Å². The Morgan fingerprint density at radius 1 is 1.24 bits per heavy atom. The molecule has 2 aromatic carbocycles. The predicted octanol–water partition coefficient (Wildman–Crippen LogP) is 4.49. The highest BCUT2D eigenvalue weighted by Crippen LogP contribution is 2.64. The van der Waals surface area contributed by atoms with Crippen LogP contribution in [0.5, 0.6) is 11.5 Å². The number of hydrogen-bond donors (Lipinski definition) is 1. The van der Waals surface area contributed by atoms with E-state index in [0.717, 1.165) is 62.3 Å². The van der Waals surface area contributed by atoms with Gasteiger partial charge in [0, 0.05) is 36.5 Å². The number of aliphatic hydroxyl groups excluding tert-OH is 1. The molecule has 1 N–H and O–H groups in total. The molecular formula is C30H34Cl2N2O4. The van der Waals surface area contributed by atoms with Crippen LogP contribution in [0.4, 0.5) is 0 Å². The highest BCUT2D eigenvalue weighted by molar-refractivity contribution is 6.42. The lowest BCUT2D eigenvalue weighted by molar-refractivity contribution is -0.139. The third-order valence-electron chi connectivity index (χ3n) is 10.2. The number of amides is 1. The van der Waals surface area contributed by atoms with Crippen molar-refractivity contribution in [3.05, 3.63) is 57.1 Å². The monoisotopic (exact) mass is 556 g/mol. The van der Waals surface area contributed by atoms with Crippen LogP contribution in [-0.4, -0.2) is 72.4 Å². The molecule has 202 valence electrons. The summed E-state index contributed by atoms with van der Waals surface area (Å²) in [6.45, 7) is 1.97. The van der Waals surface area contributed by atoms with Crippen LogP contribution in [-0.2, 0) is 23.1 Å². The van der Waals surface area contributed by atoms with Crippen molar-refractivity contribution in [2.45, 2.75) is 68.2 Å². The molecule has 6 nitrogen and oxygen atoms in total. The molecule has 2 bridgehead atoms. The Kier molecular flexibility index (Phi) is 5.94. The number of carbonyl (C=O) groups excluding carboxylic acids is 1. The third-order valence-corrected chi connectivity index (χ3v) is 10.9. The van der Waals surface area contributed by atoms with Crippen LogP contribution in [0.2, 0.25) is 10.0 Å². The Bertz CT molecular complexity index is 1300. The highest BCUT2D eigenvalue weighted by atomic mass is 35.5. The van der Waals surface area contributed by atoms with Crippen molar-refractivity contribution >= 4 is 29.1 Å². The number of hydrogen-bond acceptors (Lipinski definition) is 5. The molecular weight excluding hydrogens is 523 g/mol. The number of likely N-dealkylation sites (tertiary alicyclic amines) is 1. The largest absolute Gasteiger partial charge is 0.493 e. The maximum atomic E-state index is 13.6. The second-order valence-corrected chi connectivity index (χ2v) is 12.8. The molecule has 2 heterocycles. The molecule has 2 aromatic rings. The zero-order valence-electron chi connectivity index (χ0n) is 21.8. The maximum Gasteiger partial charge on any atom is 0.227 e. The maximum absolute atomic E-state index is 13.6. The minimum Gasteiger partial charge on any atom is -0.493 e. The van der Waals surface area contributed by atoms with Crippen molar-refractivity contribution in [1.82, 2.24) is 9.80 Å². The highest BCUT2D eigenvalue weighted by Gasteiger charge is 2.66. The average Bonchev–Trinajstić information content (AvgIpc) is 3.49. The van der Waals surface area contributed by atoms with Crippen LogP contribution in [0.3, 0.4) is 0 Å². The van der Waals surface area contributed by atoms with Gasteiger partial charge in [0.05, 0.1) is 35.7 Å². The van der Waals surface area contributed by atoms with E-state index in [9.17, 15) is 9.90 Å². The van der Waals surface area contributed by atoms with Gasteiger partial charge in [-0.25, -0.2) is 0 Å². The fourth-order valence-corrected chi connectivity index (χ4v) is 8.56. The van der Waals surface area contributed by atoms with Crippen LogP contribution in [0.1, 0.15) is 42.4 Å². The molecule has 1 amide bonds. The number of nitrogens with zero attached hydrogens (tertiary/aromatic N) is 2. The summed E-state index contributed by atoms with van der Waals surface area (Å²) in [6, 6.07) is 10.1. The Hall–Kier alpha value is -1.99. The molecule has 8 heteroatoms. The predicted molar refractivity (Wildman–Crippen MR) is 146 cm³/mol. The second-order valence-electron chi connectivity index (χ2n) is 12.0. The molecule has 2 aliphatic heterocycles. The van der Waals surface area contributed by atoms with Crippen molar-refractivity contribution in [2.24, 2.45) is 11.8 Å². The third kappa shape index (κ3) is 3.63. The molecule has 5 aliphatic rings. The summed E-state index contributed by atoms with van der Waals surface area (Å²) in [5, 5.41) is 11.0. The van der Waals surface area contributed by atoms with Gasteiger partial charge in [-0.05, 0) is 73.9 Å². The second kappa shape index (κ2) is 9.02. The smallest absolute Gasteiger partial charge is 0.227 e. The van der Waals surface area contributed by atoms with Crippen molar-refractivity contribution in [3.63, 3.8) is 0 Å². The molecule has 2 unspecified atom stereocenters. The summed E-state index contributed by atoms with van der Waals surface area (Å²) in [4.78, 5) is 18.1. The minimum atomic E-state index is -0.133. The van der Waals surface area contributed by atoms with Crippen molar-refractivity contribution < 1.29 is 19.4 Å². The van der Waals surface area contributed by atoms with E-state index in [0.29, 0.717) is 27.9 Å².